The van der Waals surface area contributed by atoms with Crippen LogP contribution >= 0.6 is 11.6 Å². The monoisotopic (exact) mass is 241 g/mol. The number of hydrogen-bond acceptors (Lipinski definition) is 3. The maximum atomic E-state index is 11.2. The smallest absolute Gasteiger partial charge is 0.325 e. The number of halogens is 1. The van der Waals surface area contributed by atoms with Gasteiger partial charge in [0.25, 0.3) is 0 Å². The van der Waals surface area contributed by atoms with Gasteiger partial charge in [-0.05, 0) is 32.0 Å². The summed E-state index contributed by atoms with van der Waals surface area (Å²) in [7, 11) is 0. The van der Waals surface area contributed by atoms with Crippen LogP contribution < -0.4 is 5.32 Å². The van der Waals surface area contributed by atoms with Crippen LogP contribution in [0.5, 0.6) is 0 Å². The Morgan fingerprint density at radius 3 is 2.50 bits per heavy atom. The first-order chi connectivity index (χ1) is 7.40. The molecule has 0 aliphatic carbocycles. The molecule has 1 aromatic carbocycles. The van der Waals surface area contributed by atoms with Gasteiger partial charge in [0.05, 0.1) is 0 Å². The van der Waals surface area contributed by atoms with E-state index in [1.807, 2.05) is 0 Å². The summed E-state index contributed by atoms with van der Waals surface area (Å²) in [5.74, 6) is -1.09. The Morgan fingerprint density at radius 1 is 1.38 bits per heavy atom. The maximum absolute atomic E-state index is 11.2. The van der Waals surface area contributed by atoms with Crippen LogP contribution in [0, 0.1) is 0 Å². The number of rotatable bonds is 4. The summed E-state index contributed by atoms with van der Waals surface area (Å²) in [6, 6.07) is 3.96. The highest BCUT2D eigenvalue weighted by Gasteiger charge is 2.11. The highest BCUT2D eigenvalue weighted by molar-refractivity contribution is 6.31. The van der Waals surface area contributed by atoms with Crippen molar-refractivity contribution in [1.29, 1.82) is 0 Å². The molecule has 0 fully saturated rings. The number of Topliss-reactive ketones (excluding diaryl/α,β-unsaturated/α-hetero) is 1. The van der Waals surface area contributed by atoms with Crippen molar-refractivity contribution >= 4 is 29.0 Å². The minimum Gasteiger partial charge on any atom is -0.480 e. The lowest BCUT2D eigenvalue weighted by Gasteiger charge is -2.11. The summed E-state index contributed by atoms with van der Waals surface area (Å²) < 4.78 is 0. The van der Waals surface area contributed by atoms with E-state index in [0.717, 1.165) is 0 Å². The van der Waals surface area contributed by atoms with E-state index in [1.165, 1.54) is 13.8 Å². The van der Waals surface area contributed by atoms with Gasteiger partial charge in [0.1, 0.15) is 6.04 Å². The topological polar surface area (TPSA) is 66.4 Å². The van der Waals surface area contributed by atoms with Crippen molar-refractivity contribution in [2.24, 2.45) is 0 Å². The van der Waals surface area contributed by atoms with E-state index in [4.69, 9.17) is 16.7 Å². The molecule has 0 aliphatic rings. The largest absolute Gasteiger partial charge is 0.480 e. The minimum absolute atomic E-state index is 0.117. The standard InChI is InChI=1S/C11H12ClNO3/c1-6(11(15)16)13-10-4-8(7(2)14)3-9(12)5-10/h3-6,13H,1-2H3,(H,15,16). The lowest BCUT2D eigenvalue weighted by atomic mass is 10.1. The second-order valence-electron chi connectivity index (χ2n) is 3.49. The van der Waals surface area contributed by atoms with Crippen molar-refractivity contribution in [2.75, 3.05) is 5.32 Å². The Balaban J connectivity index is 2.97. The molecule has 16 heavy (non-hydrogen) atoms. The second kappa shape index (κ2) is 4.99. The Bertz CT molecular complexity index is 431. The van der Waals surface area contributed by atoms with Crippen LogP contribution in [-0.2, 0) is 4.79 Å². The number of hydrogen-bond donors (Lipinski definition) is 2. The van der Waals surface area contributed by atoms with Crippen LogP contribution in [0.1, 0.15) is 24.2 Å². The van der Waals surface area contributed by atoms with E-state index in [0.29, 0.717) is 16.3 Å². The van der Waals surface area contributed by atoms with Gasteiger partial charge in [-0.1, -0.05) is 11.6 Å². The molecule has 0 radical (unpaired) electrons. The number of carboxylic acids is 1. The predicted octanol–water partition coefficient (Wildman–Crippen LogP) is 2.43. The molecule has 0 spiro atoms. The molecule has 1 rings (SSSR count). The normalized spacial score (nSPS) is 11.9. The second-order valence-corrected chi connectivity index (χ2v) is 3.93. The van der Waals surface area contributed by atoms with E-state index in [1.54, 1.807) is 18.2 Å². The van der Waals surface area contributed by atoms with Crippen LogP contribution in [0.3, 0.4) is 0 Å². The molecule has 1 unspecified atom stereocenters. The first-order valence-electron chi connectivity index (χ1n) is 4.71. The van der Waals surface area contributed by atoms with Gasteiger partial charge in [-0.3, -0.25) is 9.59 Å². The van der Waals surface area contributed by atoms with Crippen LogP contribution in [0.25, 0.3) is 0 Å². The SMILES string of the molecule is CC(=O)c1cc(Cl)cc(NC(C)C(=O)O)c1. The number of benzene rings is 1. The molecule has 0 amide bonds. The Hall–Kier alpha value is -1.55. The summed E-state index contributed by atoms with van der Waals surface area (Å²) >= 11 is 5.82. The fourth-order valence-electron chi connectivity index (χ4n) is 1.19. The predicted molar refractivity (Wildman–Crippen MR) is 62.2 cm³/mol. The molecule has 5 heteroatoms. The zero-order valence-electron chi connectivity index (χ0n) is 8.95. The average molecular weight is 242 g/mol. The number of aliphatic carboxylic acids is 1. The zero-order valence-corrected chi connectivity index (χ0v) is 9.71. The highest BCUT2D eigenvalue weighted by Crippen LogP contribution is 2.20. The van der Waals surface area contributed by atoms with Gasteiger partial charge in [0.2, 0.25) is 0 Å². The van der Waals surface area contributed by atoms with E-state index in [9.17, 15) is 9.59 Å². The van der Waals surface area contributed by atoms with Gasteiger partial charge < -0.3 is 10.4 Å². The first-order valence-corrected chi connectivity index (χ1v) is 5.09. The van der Waals surface area contributed by atoms with Crippen molar-refractivity contribution in [3.05, 3.63) is 28.8 Å². The van der Waals surface area contributed by atoms with E-state index >= 15 is 0 Å². The van der Waals surface area contributed by atoms with Gasteiger partial charge in [-0.25, -0.2) is 0 Å². The van der Waals surface area contributed by atoms with Crippen molar-refractivity contribution < 1.29 is 14.7 Å². The van der Waals surface area contributed by atoms with E-state index in [2.05, 4.69) is 5.32 Å². The van der Waals surface area contributed by atoms with Crippen molar-refractivity contribution in [1.82, 2.24) is 0 Å². The fourth-order valence-corrected chi connectivity index (χ4v) is 1.42. The Morgan fingerprint density at radius 2 is 2.00 bits per heavy atom. The maximum Gasteiger partial charge on any atom is 0.325 e. The number of nitrogens with one attached hydrogen (secondary N) is 1. The lowest BCUT2D eigenvalue weighted by molar-refractivity contribution is -0.137. The van der Waals surface area contributed by atoms with Crippen LogP contribution in [0.2, 0.25) is 5.02 Å². The molecule has 86 valence electrons. The molecular formula is C11H12ClNO3. The summed E-state index contributed by atoms with van der Waals surface area (Å²) in [6.45, 7) is 2.94. The van der Waals surface area contributed by atoms with Crippen LogP contribution in [0.4, 0.5) is 5.69 Å². The molecule has 0 saturated heterocycles. The lowest BCUT2D eigenvalue weighted by Crippen LogP contribution is -2.25. The van der Waals surface area contributed by atoms with Gasteiger partial charge in [0, 0.05) is 16.3 Å². The number of carbonyl (C=O) groups is 2. The van der Waals surface area contributed by atoms with Crippen LogP contribution in [-0.4, -0.2) is 22.9 Å². The van der Waals surface area contributed by atoms with E-state index in [-0.39, 0.29) is 5.78 Å². The molecule has 4 nitrogen and oxygen atoms in total. The van der Waals surface area contributed by atoms with Gasteiger partial charge in [0.15, 0.2) is 5.78 Å². The summed E-state index contributed by atoms with van der Waals surface area (Å²) in [5, 5.41) is 11.9. The van der Waals surface area contributed by atoms with Crippen LogP contribution in [0.15, 0.2) is 18.2 Å². The molecule has 0 saturated carbocycles. The number of carboxylic acid groups (broad SMARTS) is 1. The molecule has 0 bridgehead atoms. The molecule has 1 aromatic rings. The first kappa shape index (κ1) is 12.5. The zero-order chi connectivity index (χ0) is 12.3. The van der Waals surface area contributed by atoms with E-state index < -0.39 is 12.0 Å². The Kier molecular flexibility index (Phi) is 3.90. The van der Waals surface area contributed by atoms with Gasteiger partial charge >= 0.3 is 5.97 Å². The molecular weight excluding hydrogens is 230 g/mol. The summed E-state index contributed by atoms with van der Waals surface area (Å²) in [4.78, 5) is 21.8. The third-order valence-corrected chi connectivity index (χ3v) is 2.28. The van der Waals surface area contributed by atoms with Crippen molar-refractivity contribution in [2.45, 2.75) is 19.9 Å². The molecule has 0 aliphatic heterocycles. The van der Waals surface area contributed by atoms with Crippen molar-refractivity contribution in [3.8, 4) is 0 Å². The third-order valence-electron chi connectivity index (χ3n) is 2.06. The number of carbonyl (C=O) groups excluding carboxylic acids is 1. The highest BCUT2D eigenvalue weighted by atomic mass is 35.5. The van der Waals surface area contributed by atoms with Gasteiger partial charge in [-0.2, -0.15) is 0 Å². The summed E-state index contributed by atoms with van der Waals surface area (Å²) in [5.41, 5.74) is 0.972. The quantitative estimate of drug-likeness (QED) is 0.795. The molecule has 2 N–H and O–H groups in total. The number of anilines is 1. The average Bonchev–Trinajstić information content (AvgIpc) is 2.16. The minimum atomic E-state index is -0.968. The number of ketones is 1. The van der Waals surface area contributed by atoms with Crippen molar-refractivity contribution in [3.63, 3.8) is 0 Å². The summed E-state index contributed by atoms with van der Waals surface area (Å²) in [6.07, 6.45) is 0. The fraction of sp³-hybridized carbons (Fsp3) is 0.273. The third kappa shape index (κ3) is 3.24. The Labute approximate surface area is 98.2 Å². The molecule has 0 aromatic heterocycles. The molecule has 1 atom stereocenters. The van der Waals surface area contributed by atoms with Gasteiger partial charge in [-0.15, -0.1) is 0 Å². The molecule has 0 heterocycles.